The number of aromatic nitrogens is 1. The molecule has 3 rings (SSSR count). The quantitative estimate of drug-likeness (QED) is 0.287. The van der Waals surface area contributed by atoms with Crippen LogP contribution in [0.15, 0.2) is 58.1 Å². The molecule has 1 heterocycles. The maximum Gasteiger partial charge on any atom is 0.329 e. The van der Waals surface area contributed by atoms with Crippen LogP contribution in [0.4, 0.5) is 5.69 Å². The van der Waals surface area contributed by atoms with Gasteiger partial charge < -0.3 is 9.88 Å². The number of amides is 2. The van der Waals surface area contributed by atoms with E-state index in [0.717, 1.165) is 27.1 Å². The molecule has 0 fully saturated rings. The minimum atomic E-state index is -0.868. The second-order valence-electron chi connectivity index (χ2n) is 6.42. The number of carbonyl (C=O) groups is 2. The number of hydrogen-bond acceptors (Lipinski definition) is 3. The Bertz CT molecular complexity index is 1140. The summed E-state index contributed by atoms with van der Waals surface area (Å²) in [5.41, 5.74) is 6.23. The first kappa shape index (κ1) is 22.1. The molecular weight excluding hydrogens is 491 g/mol. The molecule has 0 bridgehead atoms. The molecule has 154 valence electrons. The van der Waals surface area contributed by atoms with E-state index in [4.69, 9.17) is 23.2 Å². The highest BCUT2D eigenvalue weighted by atomic mass is 79.9. The fourth-order valence-corrected chi connectivity index (χ4v) is 3.43. The predicted octanol–water partition coefficient (Wildman–Crippen LogP) is 5.25. The number of anilines is 1. The Hall–Kier alpha value is -2.61. The SMILES string of the molecule is Cc1cc(/C=N\NC(=O)C(=O)Nc2ccc(Br)cc2)c(C)n1-c1ccc(Cl)c(Cl)c1. The van der Waals surface area contributed by atoms with E-state index in [1.54, 1.807) is 36.4 Å². The zero-order chi connectivity index (χ0) is 21.8. The maximum atomic E-state index is 12.0. The van der Waals surface area contributed by atoms with Crippen molar-refractivity contribution >= 4 is 62.8 Å². The lowest BCUT2D eigenvalue weighted by molar-refractivity contribution is -0.136. The Balaban J connectivity index is 1.69. The second kappa shape index (κ2) is 9.47. The van der Waals surface area contributed by atoms with E-state index in [-0.39, 0.29) is 0 Å². The lowest BCUT2D eigenvalue weighted by Crippen LogP contribution is -2.32. The van der Waals surface area contributed by atoms with E-state index in [1.165, 1.54) is 6.21 Å². The molecule has 2 amide bonds. The molecule has 1 aromatic heterocycles. The molecule has 0 aliphatic rings. The normalized spacial score (nSPS) is 11.0. The van der Waals surface area contributed by atoms with Crippen LogP contribution in [-0.4, -0.2) is 22.6 Å². The first-order chi connectivity index (χ1) is 14.3. The van der Waals surface area contributed by atoms with Crippen LogP contribution in [0.1, 0.15) is 17.0 Å². The first-order valence-electron chi connectivity index (χ1n) is 8.80. The highest BCUT2D eigenvalue weighted by Gasteiger charge is 2.14. The molecule has 0 atom stereocenters. The number of aryl methyl sites for hydroxylation is 1. The number of nitrogens with one attached hydrogen (secondary N) is 2. The van der Waals surface area contributed by atoms with Crippen molar-refractivity contribution in [2.75, 3.05) is 5.32 Å². The van der Waals surface area contributed by atoms with Crippen molar-refractivity contribution in [1.82, 2.24) is 9.99 Å². The Morgan fingerprint density at radius 2 is 1.70 bits per heavy atom. The van der Waals surface area contributed by atoms with Gasteiger partial charge in [0.1, 0.15) is 0 Å². The Labute approximate surface area is 192 Å². The number of rotatable bonds is 4. The monoisotopic (exact) mass is 506 g/mol. The number of carbonyl (C=O) groups excluding carboxylic acids is 2. The molecule has 0 aliphatic carbocycles. The summed E-state index contributed by atoms with van der Waals surface area (Å²) in [4.78, 5) is 23.9. The average molecular weight is 508 g/mol. The molecule has 6 nitrogen and oxygen atoms in total. The van der Waals surface area contributed by atoms with Gasteiger partial charge in [0, 0.05) is 32.8 Å². The summed E-state index contributed by atoms with van der Waals surface area (Å²) >= 11 is 15.4. The Morgan fingerprint density at radius 3 is 2.37 bits per heavy atom. The molecule has 0 radical (unpaired) electrons. The zero-order valence-electron chi connectivity index (χ0n) is 16.0. The Kier molecular flexibility index (Phi) is 6.97. The number of nitrogens with zero attached hydrogens (tertiary/aromatic N) is 2. The summed E-state index contributed by atoms with van der Waals surface area (Å²) in [6.45, 7) is 3.86. The lowest BCUT2D eigenvalue weighted by atomic mass is 10.2. The highest BCUT2D eigenvalue weighted by Crippen LogP contribution is 2.27. The average Bonchev–Trinajstić information content (AvgIpc) is 2.99. The summed E-state index contributed by atoms with van der Waals surface area (Å²) in [5, 5.41) is 7.35. The molecule has 30 heavy (non-hydrogen) atoms. The number of hydrogen-bond donors (Lipinski definition) is 2. The summed E-state index contributed by atoms with van der Waals surface area (Å²) in [6, 6.07) is 14.2. The summed E-state index contributed by atoms with van der Waals surface area (Å²) in [6.07, 6.45) is 1.49. The van der Waals surface area contributed by atoms with Gasteiger partial charge in [-0.3, -0.25) is 9.59 Å². The van der Waals surface area contributed by atoms with Gasteiger partial charge in [-0.25, -0.2) is 5.43 Å². The molecule has 3 aromatic rings. The number of benzene rings is 2. The van der Waals surface area contributed by atoms with E-state index in [0.29, 0.717) is 15.7 Å². The van der Waals surface area contributed by atoms with Crippen molar-refractivity contribution in [3.05, 3.63) is 80.0 Å². The molecule has 0 unspecified atom stereocenters. The van der Waals surface area contributed by atoms with Crippen LogP contribution >= 0.6 is 39.1 Å². The lowest BCUT2D eigenvalue weighted by Gasteiger charge is -2.10. The molecule has 0 spiro atoms. The summed E-state index contributed by atoms with van der Waals surface area (Å²) in [7, 11) is 0. The zero-order valence-corrected chi connectivity index (χ0v) is 19.1. The Morgan fingerprint density at radius 1 is 1.00 bits per heavy atom. The fraction of sp³-hybridized carbons (Fsp3) is 0.0952. The summed E-state index contributed by atoms with van der Waals surface area (Å²) in [5.74, 6) is -1.68. The largest absolute Gasteiger partial charge is 0.329 e. The minimum Gasteiger partial charge on any atom is -0.318 e. The predicted molar refractivity (Wildman–Crippen MR) is 124 cm³/mol. The van der Waals surface area contributed by atoms with Gasteiger partial charge in [0.05, 0.1) is 16.3 Å². The molecule has 2 aromatic carbocycles. The molecular formula is C21H17BrCl2N4O2. The van der Waals surface area contributed by atoms with E-state index >= 15 is 0 Å². The molecule has 0 saturated carbocycles. The minimum absolute atomic E-state index is 0.459. The molecule has 9 heteroatoms. The van der Waals surface area contributed by atoms with Gasteiger partial charge in [-0.15, -0.1) is 0 Å². The van der Waals surface area contributed by atoms with Crippen LogP contribution in [0.2, 0.25) is 10.0 Å². The molecule has 0 aliphatic heterocycles. The van der Waals surface area contributed by atoms with Crippen molar-refractivity contribution in [2.24, 2.45) is 5.10 Å². The fourth-order valence-electron chi connectivity index (χ4n) is 2.87. The van der Waals surface area contributed by atoms with Crippen molar-refractivity contribution in [1.29, 1.82) is 0 Å². The van der Waals surface area contributed by atoms with Gasteiger partial charge in [-0.1, -0.05) is 39.1 Å². The molecule has 2 N–H and O–H groups in total. The van der Waals surface area contributed by atoms with E-state index in [2.05, 4.69) is 31.8 Å². The van der Waals surface area contributed by atoms with E-state index in [9.17, 15) is 9.59 Å². The van der Waals surface area contributed by atoms with Crippen LogP contribution in [-0.2, 0) is 9.59 Å². The smallest absolute Gasteiger partial charge is 0.318 e. The van der Waals surface area contributed by atoms with Crippen molar-refractivity contribution < 1.29 is 9.59 Å². The number of hydrazone groups is 1. The number of halogens is 3. The van der Waals surface area contributed by atoms with Crippen LogP contribution in [0, 0.1) is 13.8 Å². The van der Waals surface area contributed by atoms with Crippen molar-refractivity contribution in [3.8, 4) is 5.69 Å². The third kappa shape index (κ3) is 5.11. The summed E-state index contributed by atoms with van der Waals surface area (Å²) < 4.78 is 2.86. The van der Waals surface area contributed by atoms with Gasteiger partial charge in [0.2, 0.25) is 0 Å². The van der Waals surface area contributed by atoms with Gasteiger partial charge in [-0.2, -0.15) is 5.10 Å². The second-order valence-corrected chi connectivity index (χ2v) is 8.15. The van der Waals surface area contributed by atoms with Crippen LogP contribution in [0.25, 0.3) is 5.69 Å². The molecule has 0 saturated heterocycles. The van der Waals surface area contributed by atoms with Crippen LogP contribution < -0.4 is 10.7 Å². The standard InChI is InChI=1S/C21H17BrCl2N4O2/c1-12-9-14(13(2)28(12)17-7-8-18(23)19(24)10-17)11-25-27-21(30)20(29)26-16-5-3-15(22)4-6-16/h3-11H,1-2H3,(H,26,29)(H,27,30)/b25-11-. The maximum absolute atomic E-state index is 12.0. The van der Waals surface area contributed by atoms with E-state index in [1.807, 2.05) is 30.5 Å². The van der Waals surface area contributed by atoms with Gasteiger partial charge in [0.25, 0.3) is 0 Å². The first-order valence-corrected chi connectivity index (χ1v) is 10.4. The van der Waals surface area contributed by atoms with Gasteiger partial charge >= 0.3 is 11.8 Å². The van der Waals surface area contributed by atoms with Gasteiger partial charge in [0.15, 0.2) is 0 Å². The topological polar surface area (TPSA) is 75.5 Å². The highest BCUT2D eigenvalue weighted by molar-refractivity contribution is 9.10. The third-order valence-electron chi connectivity index (χ3n) is 4.31. The van der Waals surface area contributed by atoms with Crippen LogP contribution in [0.3, 0.4) is 0 Å². The van der Waals surface area contributed by atoms with Gasteiger partial charge in [-0.05, 0) is 62.4 Å². The van der Waals surface area contributed by atoms with E-state index < -0.39 is 11.8 Å². The third-order valence-corrected chi connectivity index (χ3v) is 5.58. The van der Waals surface area contributed by atoms with Crippen molar-refractivity contribution in [3.63, 3.8) is 0 Å². The van der Waals surface area contributed by atoms with Crippen molar-refractivity contribution in [2.45, 2.75) is 13.8 Å². The van der Waals surface area contributed by atoms with Crippen LogP contribution in [0.5, 0.6) is 0 Å².